The molecule has 0 saturated heterocycles. The van der Waals surface area contributed by atoms with E-state index < -0.39 is 0 Å². The van der Waals surface area contributed by atoms with E-state index in [9.17, 15) is 4.79 Å². The zero-order chi connectivity index (χ0) is 8.72. The van der Waals surface area contributed by atoms with Gasteiger partial charge in [0.15, 0.2) is 5.78 Å². The third-order valence-electron chi connectivity index (χ3n) is 2.07. The van der Waals surface area contributed by atoms with Crippen LogP contribution in [-0.4, -0.2) is 5.78 Å². The van der Waals surface area contributed by atoms with E-state index in [1.54, 1.807) is 0 Å². The van der Waals surface area contributed by atoms with Gasteiger partial charge < -0.3 is 0 Å². The Morgan fingerprint density at radius 3 is 2.83 bits per heavy atom. The molecule has 0 fully saturated rings. The molecule has 1 aromatic rings. The van der Waals surface area contributed by atoms with Gasteiger partial charge in [0.05, 0.1) is 0 Å². The fourth-order valence-corrected chi connectivity index (χ4v) is 2.30. The number of carbonyl (C=O) groups is 1. The van der Waals surface area contributed by atoms with Crippen molar-refractivity contribution in [3.8, 4) is 0 Å². The summed E-state index contributed by atoms with van der Waals surface area (Å²) in [5, 5.41) is 0. The van der Waals surface area contributed by atoms with Crippen molar-refractivity contribution in [1.29, 1.82) is 0 Å². The van der Waals surface area contributed by atoms with Gasteiger partial charge in [-0.3, -0.25) is 4.79 Å². The summed E-state index contributed by atoms with van der Waals surface area (Å²) in [6.07, 6.45) is 1.59. The van der Waals surface area contributed by atoms with E-state index in [4.69, 9.17) is 0 Å². The van der Waals surface area contributed by atoms with Gasteiger partial charge in [-0.05, 0) is 62.6 Å². The zero-order valence-electron chi connectivity index (χ0n) is 6.23. The van der Waals surface area contributed by atoms with Crippen molar-refractivity contribution in [2.75, 3.05) is 0 Å². The number of hydrogen-bond donors (Lipinski definition) is 0. The van der Waals surface area contributed by atoms with Gasteiger partial charge in [-0.15, -0.1) is 0 Å². The molecule has 0 radical (unpaired) electrons. The van der Waals surface area contributed by atoms with Gasteiger partial charge in [0.1, 0.15) is 0 Å². The van der Waals surface area contributed by atoms with Gasteiger partial charge in [0, 0.05) is 20.0 Å². The van der Waals surface area contributed by atoms with Crippen LogP contribution in [0.1, 0.15) is 22.3 Å². The second kappa shape index (κ2) is 3.10. The van der Waals surface area contributed by atoms with Crippen molar-refractivity contribution in [3.63, 3.8) is 0 Å². The van der Waals surface area contributed by atoms with Crippen molar-refractivity contribution in [2.24, 2.45) is 0 Å². The van der Waals surface area contributed by atoms with E-state index in [1.165, 1.54) is 5.56 Å². The van der Waals surface area contributed by atoms with Gasteiger partial charge >= 0.3 is 0 Å². The lowest BCUT2D eigenvalue weighted by Gasteiger charge is -2.00. The largest absolute Gasteiger partial charge is 0.294 e. The first kappa shape index (κ1) is 8.69. The molecule has 0 spiro atoms. The fourth-order valence-electron chi connectivity index (χ4n) is 1.44. The summed E-state index contributed by atoms with van der Waals surface area (Å²) in [6, 6.07) is 4.03. The number of halogens is 2. The van der Waals surface area contributed by atoms with E-state index >= 15 is 0 Å². The first-order chi connectivity index (χ1) is 5.68. The van der Waals surface area contributed by atoms with Gasteiger partial charge in [0.2, 0.25) is 0 Å². The van der Waals surface area contributed by atoms with Crippen LogP contribution in [0, 0.1) is 3.57 Å². The third kappa shape index (κ3) is 1.33. The Bertz CT molecular complexity index is 360. The molecule has 12 heavy (non-hydrogen) atoms. The Kier molecular flexibility index (Phi) is 2.25. The Labute approximate surface area is 92.8 Å². The van der Waals surface area contributed by atoms with E-state index in [0.717, 1.165) is 20.0 Å². The second-order valence-corrected chi connectivity index (χ2v) is 4.86. The molecule has 0 unspecified atom stereocenters. The lowest BCUT2D eigenvalue weighted by atomic mass is 10.1. The summed E-state index contributed by atoms with van der Waals surface area (Å²) >= 11 is 5.68. The predicted molar refractivity (Wildman–Crippen MR) is 59.5 cm³/mol. The van der Waals surface area contributed by atoms with Crippen LogP contribution in [0.5, 0.6) is 0 Å². The SMILES string of the molecule is O=C1CCc2cc(Br)c(I)cc21. The minimum Gasteiger partial charge on any atom is -0.294 e. The molecule has 0 heterocycles. The maximum absolute atomic E-state index is 11.3. The number of Topliss-reactive ketones (excluding diaryl/α,β-unsaturated/α-hetero) is 1. The van der Waals surface area contributed by atoms with Crippen molar-refractivity contribution < 1.29 is 4.79 Å². The number of benzene rings is 1. The fraction of sp³-hybridized carbons (Fsp3) is 0.222. The molecule has 0 N–H and O–H groups in total. The van der Waals surface area contributed by atoms with Gasteiger partial charge in [-0.1, -0.05) is 0 Å². The summed E-state index contributed by atoms with van der Waals surface area (Å²) in [7, 11) is 0. The summed E-state index contributed by atoms with van der Waals surface area (Å²) in [4.78, 5) is 11.3. The van der Waals surface area contributed by atoms with Crippen LogP contribution < -0.4 is 0 Å². The lowest BCUT2D eigenvalue weighted by Crippen LogP contribution is -1.92. The molecule has 1 aliphatic rings. The number of aryl methyl sites for hydroxylation is 1. The molecule has 1 aromatic carbocycles. The number of carbonyl (C=O) groups excluding carboxylic acids is 1. The van der Waals surface area contributed by atoms with Crippen molar-refractivity contribution in [3.05, 3.63) is 31.3 Å². The Hall–Kier alpha value is 0.1000. The van der Waals surface area contributed by atoms with Crippen LogP contribution in [0.3, 0.4) is 0 Å². The van der Waals surface area contributed by atoms with E-state index in [-0.39, 0.29) is 5.78 Å². The van der Waals surface area contributed by atoms with Crippen LogP contribution >= 0.6 is 38.5 Å². The molecule has 0 saturated carbocycles. The first-order valence-electron chi connectivity index (χ1n) is 3.69. The quantitative estimate of drug-likeness (QED) is 0.665. The average Bonchev–Trinajstić information content (AvgIpc) is 2.35. The Morgan fingerprint density at radius 2 is 2.08 bits per heavy atom. The molecule has 0 atom stereocenters. The molecule has 1 nitrogen and oxygen atoms in total. The number of rotatable bonds is 0. The molecule has 0 amide bonds. The molecule has 0 aliphatic heterocycles. The normalized spacial score (nSPS) is 15.0. The third-order valence-corrected chi connectivity index (χ3v) is 4.36. The maximum atomic E-state index is 11.3. The van der Waals surface area contributed by atoms with Gasteiger partial charge in [0.25, 0.3) is 0 Å². The highest BCUT2D eigenvalue weighted by molar-refractivity contribution is 14.1. The highest BCUT2D eigenvalue weighted by Gasteiger charge is 2.20. The molecule has 0 bridgehead atoms. The van der Waals surface area contributed by atoms with Crippen molar-refractivity contribution in [2.45, 2.75) is 12.8 Å². The predicted octanol–water partition coefficient (Wildman–Crippen LogP) is 3.18. The van der Waals surface area contributed by atoms with E-state index in [0.29, 0.717) is 6.42 Å². The molecule has 1 aliphatic carbocycles. The smallest absolute Gasteiger partial charge is 0.163 e. The van der Waals surface area contributed by atoms with Crippen LogP contribution in [-0.2, 0) is 6.42 Å². The molecule has 2 rings (SSSR count). The van der Waals surface area contributed by atoms with Crippen molar-refractivity contribution in [1.82, 2.24) is 0 Å². The summed E-state index contributed by atoms with van der Waals surface area (Å²) in [5.41, 5.74) is 2.11. The summed E-state index contributed by atoms with van der Waals surface area (Å²) < 4.78 is 2.21. The molecular weight excluding hydrogens is 331 g/mol. The second-order valence-electron chi connectivity index (χ2n) is 2.85. The first-order valence-corrected chi connectivity index (χ1v) is 5.57. The van der Waals surface area contributed by atoms with E-state index in [1.807, 2.05) is 6.07 Å². The highest BCUT2D eigenvalue weighted by atomic mass is 127. The average molecular weight is 337 g/mol. The maximum Gasteiger partial charge on any atom is 0.163 e. The summed E-state index contributed by atoms with van der Waals surface area (Å²) in [5.74, 6) is 0.287. The van der Waals surface area contributed by atoms with Crippen molar-refractivity contribution >= 4 is 44.3 Å². The lowest BCUT2D eigenvalue weighted by molar-refractivity contribution is 0.0994. The minimum absolute atomic E-state index is 0.287. The zero-order valence-corrected chi connectivity index (χ0v) is 9.98. The molecular formula is C9H6BrIO. The number of ketones is 1. The topological polar surface area (TPSA) is 17.1 Å². The molecule has 62 valence electrons. The Balaban J connectivity index is 2.63. The monoisotopic (exact) mass is 336 g/mol. The molecule has 3 heteroatoms. The van der Waals surface area contributed by atoms with Crippen LogP contribution in [0.4, 0.5) is 0 Å². The van der Waals surface area contributed by atoms with Crippen LogP contribution in [0.2, 0.25) is 0 Å². The van der Waals surface area contributed by atoms with Crippen LogP contribution in [0.25, 0.3) is 0 Å². The van der Waals surface area contributed by atoms with Gasteiger partial charge in [-0.2, -0.15) is 0 Å². The molecule has 0 aromatic heterocycles. The minimum atomic E-state index is 0.287. The van der Waals surface area contributed by atoms with Crippen LogP contribution in [0.15, 0.2) is 16.6 Å². The number of hydrogen-bond acceptors (Lipinski definition) is 1. The van der Waals surface area contributed by atoms with E-state index in [2.05, 4.69) is 44.6 Å². The Morgan fingerprint density at radius 1 is 1.33 bits per heavy atom. The highest BCUT2D eigenvalue weighted by Crippen LogP contribution is 2.29. The standard InChI is InChI=1S/C9H6BrIO/c10-7-3-5-1-2-9(12)6(5)4-8(7)11/h3-4H,1-2H2. The summed E-state index contributed by atoms with van der Waals surface area (Å²) in [6.45, 7) is 0. The number of fused-ring (bicyclic) bond motifs is 1. The van der Waals surface area contributed by atoms with Gasteiger partial charge in [-0.25, -0.2) is 0 Å².